The molecular formula is C13H15ClN2O2S2. The second-order valence-corrected chi connectivity index (χ2v) is 7.20. The van der Waals surface area contributed by atoms with Crippen LogP contribution in [-0.4, -0.2) is 15.0 Å². The van der Waals surface area contributed by atoms with E-state index in [1.807, 2.05) is 6.92 Å². The van der Waals surface area contributed by atoms with Gasteiger partial charge in [0.05, 0.1) is 15.6 Å². The van der Waals surface area contributed by atoms with Crippen LogP contribution in [0.25, 0.3) is 0 Å². The monoisotopic (exact) mass is 330 g/mol. The maximum atomic E-state index is 12.3. The predicted octanol–water partition coefficient (Wildman–Crippen LogP) is 3.31. The van der Waals surface area contributed by atoms with Crippen molar-refractivity contribution in [2.24, 2.45) is 0 Å². The van der Waals surface area contributed by atoms with E-state index in [1.54, 1.807) is 35.7 Å². The van der Waals surface area contributed by atoms with Gasteiger partial charge in [-0.3, -0.25) is 4.72 Å². The lowest BCUT2D eigenvalue weighted by Crippen LogP contribution is -2.13. The molecule has 4 nitrogen and oxygen atoms in total. The van der Waals surface area contributed by atoms with Crippen LogP contribution in [0.2, 0.25) is 5.02 Å². The summed E-state index contributed by atoms with van der Waals surface area (Å²) in [6.07, 6.45) is 0. The lowest BCUT2D eigenvalue weighted by molar-refractivity contribution is 0.601. The van der Waals surface area contributed by atoms with E-state index in [2.05, 4.69) is 10.0 Å². The molecular weight excluding hydrogens is 316 g/mol. The van der Waals surface area contributed by atoms with Gasteiger partial charge in [-0.2, -0.15) is 0 Å². The van der Waals surface area contributed by atoms with E-state index in [-0.39, 0.29) is 4.90 Å². The van der Waals surface area contributed by atoms with Gasteiger partial charge in [0.15, 0.2) is 0 Å². The molecule has 20 heavy (non-hydrogen) atoms. The molecule has 2 rings (SSSR count). The van der Waals surface area contributed by atoms with Gasteiger partial charge in [0.1, 0.15) is 0 Å². The number of anilines is 1. The summed E-state index contributed by atoms with van der Waals surface area (Å²) in [5.41, 5.74) is 0.383. The first-order chi connectivity index (χ1) is 9.53. The third-order valence-corrected chi connectivity index (χ3v) is 5.37. The highest BCUT2D eigenvalue weighted by atomic mass is 35.5. The standard InChI is InChI=1S/C13H15ClN2O2S2/c1-2-15-8-10-7-11(9-19-10)20(17,18)16-13-6-4-3-5-12(13)14/h3-7,9,15-16H,2,8H2,1H3. The van der Waals surface area contributed by atoms with E-state index in [1.165, 1.54) is 11.3 Å². The molecule has 0 amide bonds. The second-order valence-electron chi connectivity index (χ2n) is 4.11. The third-order valence-electron chi connectivity index (χ3n) is 2.61. The molecule has 0 aliphatic rings. The summed E-state index contributed by atoms with van der Waals surface area (Å²) >= 11 is 7.37. The summed E-state index contributed by atoms with van der Waals surface area (Å²) in [5.74, 6) is 0. The first kappa shape index (κ1) is 15.3. The Bertz CT molecular complexity index is 683. The molecule has 0 aliphatic heterocycles. The lowest BCUT2D eigenvalue weighted by Gasteiger charge is -2.07. The molecule has 0 unspecified atom stereocenters. The van der Waals surface area contributed by atoms with Gasteiger partial charge in [0, 0.05) is 16.8 Å². The number of nitrogens with one attached hydrogen (secondary N) is 2. The average Bonchev–Trinajstić information content (AvgIpc) is 2.88. The molecule has 1 aromatic heterocycles. The first-order valence-electron chi connectivity index (χ1n) is 6.08. The minimum absolute atomic E-state index is 0.260. The largest absolute Gasteiger partial charge is 0.312 e. The molecule has 108 valence electrons. The number of hydrogen-bond donors (Lipinski definition) is 2. The van der Waals surface area contributed by atoms with Crippen molar-refractivity contribution in [3.05, 3.63) is 45.6 Å². The molecule has 0 spiro atoms. The number of halogens is 1. The van der Waals surface area contributed by atoms with E-state index < -0.39 is 10.0 Å². The normalized spacial score (nSPS) is 11.5. The summed E-state index contributed by atoms with van der Waals surface area (Å²) in [6, 6.07) is 8.43. The molecule has 1 heterocycles. The van der Waals surface area contributed by atoms with Crippen LogP contribution in [0.1, 0.15) is 11.8 Å². The Hall–Kier alpha value is -1.08. The summed E-state index contributed by atoms with van der Waals surface area (Å²) in [4.78, 5) is 1.24. The van der Waals surface area contributed by atoms with Gasteiger partial charge in [-0.1, -0.05) is 30.7 Å². The van der Waals surface area contributed by atoms with Crippen LogP contribution in [0.4, 0.5) is 5.69 Å². The smallest absolute Gasteiger partial charge is 0.262 e. The van der Waals surface area contributed by atoms with Crippen LogP contribution in [0.5, 0.6) is 0 Å². The van der Waals surface area contributed by atoms with Crippen molar-refractivity contribution in [2.75, 3.05) is 11.3 Å². The van der Waals surface area contributed by atoms with Crippen LogP contribution in [0.15, 0.2) is 40.6 Å². The highest BCUT2D eigenvalue weighted by Gasteiger charge is 2.17. The van der Waals surface area contributed by atoms with Crippen molar-refractivity contribution in [1.82, 2.24) is 5.32 Å². The summed E-state index contributed by atoms with van der Waals surface area (Å²) in [5, 5.41) is 5.17. The molecule has 0 saturated heterocycles. The van der Waals surface area contributed by atoms with Gasteiger partial charge in [-0.15, -0.1) is 11.3 Å². The zero-order valence-corrected chi connectivity index (χ0v) is 13.3. The minimum atomic E-state index is -3.59. The van der Waals surface area contributed by atoms with Crippen LogP contribution in [0.3, 0.4) is 0 Å². The fraction of sp³-hybridized carbons (Fsp3) is 0.231. The summed E-state index contributed by atoms with van der Waals surface area (Å²) in [6.45, 7) is 3.52. The fourth-order valence-corrected chi connectivity index (χ4v) is 4.15. The Morgan fingerprint density at radius 3 is 2.75 bits per heavy atom. The van der Waals surface area contributed by atoms with E-state index in [9.17, 15) is 8.42 Å². The number of sulfonamides is 1. The van der Waals surface area contributed by atoms with Gasteiger partial charge < -0.3 is 5.32 Å². The molecule has 0 saturated carbocycles. The highest BCUT2D eigenvalue weighted by molar-refractivity contribution is 7.92. The van der Waals surface area contributed by atoms with Gasteiger partial charge >= 0.3 is 0 Å². The molecule has 0 radical (unpaired) electrons. The molecule has 0 bridgehead atoms. The van der Waals surface area contributed by atoms with Crippen molar-refractivity contribution < 1.29 is 8.42 Å². The maximum Gasteiger partial charge on any atom is 0.262 e. The number of para-hydroxylation sites is 1. The maximum absolute atomic E-state index is 12.3. The SMILES string of the molecule is CCNCc1cc(S(=O)(=O)Nc2ccccc2Cl)cs1. The summed E-state index contributed by atoms with van der Waals surface area (Å²) < 4.78 is 27.0. The van der Waals surface area contributed by atoms with Crippen LogP contribution >= 0.6 is 22.9 Å². The molecule has 2 N–H and O–H groups in total. The molecule has 2 aromatic rings. The van der Waals surface area contributed by atoms with E-state index in [0.29, 0.717) is 17.3 Å². The molecule has 7 heteroatoms. The minimum Gasteiger partial charge on any atom is -0.312 e. The van der Waals surface area contributed by atoms with Crippen molar-refractivity contribution in [2.45, 2.75) is 18.4 Å². The van der Waals surface area contributed by atoms with Crippen molar-refractivity contribution in [1.29, 1.82) is 0 Å². The van der Waals surface area contributed by atoms with Gasteiger partial charge in [0.25, 0.3) is 10.0 Å². The van der Waals surface area contributed by atoms with Crippen molar-refractivity contribution in [3.8, 4) is 0 Å². The summed E-state index contributed by atoms with van der Waals surface area (Å²) in [7, 11) is -3.59. The number of rotatable bonds is 6. The first-order valence-corrected chi connectivity index (χ1v) is 8.82. The van der Waals surface area contributed by atoms with E-state index in [4.69, 9.17) is 11.6 Å². The van der Waals surface area contributed by atoms with Crippen LogP contribution in [0, 0.1) is 0 Å². The average molecular weight is 331 g/mol. The number of benzene rings is 1. The van der Waals surface area contributed by atoms with Crippen molar-refractivity contribution >= 4 is 38.6 Å². The molecule has 0 atom stereocenters. The fourth-order valence-electron chi connectivity index (χ4n) is 1.59. The van der Waals surface area contributed by atoms with E-state index >= 15 is 0 Å². The topological polar surface area (TPSA) is 58.2 Å². The number of hydrogen-bond acceptors (Lipinski definition) is 4. The number of thiophene rings is 1. The van der Waals surface area contributed by atoms with E-state index in [0.717, 1.165) is 11.4 Å². The molecule has 0 fully saturated rings. The lowest BCUT2D eigenvalue weighted by atomic mass is 10.3. The molecule has 0 aliphatic carbocycles. The van der Waals surface area contributed by atoms with Gasteiger partial charge in [0.2, 0.25) is 0 Å². The molecule has 1 aromatic carbocycles. The van der Waals surface area contributed by atoms with Crippen LogP contribution < -0.4 is 10.0 Å². The third kappa shape index (κ3) is 3.73. The quantitative estimate of drug-likeness (QED) is 0.854. The highest BCUT2D eigenvalue weighted by Crippen LogP contribution is 2.26. The van der Waals surface area contributed by atoms with Gasteiger partial charge in [-0.05, 0) is 24.7 Å². The zero-order valence-electron chi connectivity index (χ0n) is 10.9. The Morgan fingerprint density at radius 1 is 1.30 bits per heavy atom. The Kier molecular flexibility index (Phi) is 5.04. The second kappa shape index (κ2) is 6.58. The Labute approximate surface area is 127 Å². The Balaban J connectivity index is 2.18. The predicted molar refractivity (Wildman–Crippen MR) is 84.0 cm³/mol. The van der Waals surface area contributed by atoms with Crippen molar-refractivity contribution in [3.63, 3.8) is 0 Å². The Morgan fingerprint density at radius 2 is 2.05 bits per heavy atom. The van der Waals surface area contributed by atoms with Gasteiger partial charge in [-0.25, -0.2) is 8.42 Å². The zero-order chi connectivity index (χ0) is 14.6. The van der Waals surface area contributed by atoms with Crippen LogP contribution in [-0.2, 0) is 16.6 Å².